The predicted molar refractivity (Wildman–Crippen MR) is 81.1 cm³/mol. The average molecular weight is 301 g/mol. The number of methoxy groups -OCH3 is 2. The first-order chi connectivity index (χ1) is 9.49. The second-order valence-corrected chi connectivity index (χ2v) is 6.43. The van der Waals surface area contributed by atoms with E-state index in [4.69, 9.17) is 9.47 Å². The van der Waals surface area contributed by atoms with E-state index in [1.54, 1.807) is 18.4 Å². The molecule has 2 unspecified atom stereocenters. The van der Waals surface area contributed by atoms with Crippen LogP contribution in [0, 0.1) is 0 Å². The number of phenols is 1. The Labute approximate surface area is 122 Å². The average Bonchev–Trinajstić information content (AvgIpc) is 2.44. The van der Waals surface area contributed by atoms with Gasteiger partial charge in [-0.05, 0) is 30.7 Å². The molecular formula is C14H23NO4S. The molecule has 0 aliphatic heterocycles. The molecule has 20 heavy (non-hydrogen) atoms. The molecular weight excluding hydrogens is 278 g/mol. The number of rotatable bonds is 8. The minimum Gasteiger partial charge on any atom is -0.502 e. The van der Waals surface area contributed by atoms with Gasteiger partial charge in [0.1, 0.15) is 0 Å². The van der Waals surface area contributed by atoms with Crippen molar-refractivity contribution in [1.82, 2.24) is 5.32 Å². The van der Waals surface area contributed by atoms with Gasteiger partial charge in [-0.2, -0.15) is 0 Å². The summed E-state index contributed by atoms with van der Waals surface area (Å²) in [4.78, 5) is 0. The van der Waals surface area contributed by atoms with Crippen molar-refractivity contribution >= 4 is 10.8 Å². The molecule has 0 aromatic heterocycles. The molecule has 0 spiro atoms. The van der Waals surface area contributed by atoms with Crippen LogP contribution in [0.15, 0.2) is 12.1 Å². The minimum atomic E-state index is -0.785. The van der Waals surface area contributed by atoms with Gasteiger partial charge in [-0.3, -0.25) is 4.21 Å². The predicted octanol–water partition coefficient (Wildman–Crippen LogP) is 1.66. The van der Waals surface area contributed by atoms with Crippen molar-refractivity contribution in [3.63, 3.8) is 0 Å². The molecule has 1 aromatic rings. The quantitative estimate of drug-likeness (QED) is 0.715. The standard InChI is InChI=1S/C14H23NO4S/c1-10(20(4)17)5-6-15-9-11-7-12(18-2)14(16)13(8-11)19-3/h7-8,10,15-16H,5-6,9H2,1-4H3. The lowest BCUT2D eigenvalue weighted by Crippen LogP contribution is -2.21. The van der Waals surface area contributed by atoms with Crippen molar-refractivity contribution in [2.45, 2.75) is 25.1 Å². The third kappa shape index (κ3) is 4.68. The van der Waals surface area contributed by atoms with E-state index in [-0.39, 0.29) is 11.0 Å². The van der Waals surface area contributed by atoms with Gasteiger partial charge in [-0.1, -0.05) is 6.92 Å². The molecule has 5 nitrogen and oxygen atoms in total. The SMILES string of the molecule is COc1cc(CNCCC(C)S(C)=O)cc(OC)c1O. The Morgan fingerprint density at radius 1 is 1.30 bits per heavy atom. The number of hydrogen-bond donors (Lipinski definition) is 2. The highest BCUT2D eigenvalue weighted by Crippen LogP contribution is 2.36. The van der Waals surface area contributed by atoms with Crippen LogP contribution in [0.5, 0.6) is 17.2 Å². The summed E-state index contributed by atoms with van der Waals surface area (Å²) < 4.78 is 21.4. The van der Waals surface area contributed by atoms with Crippen LogP contribution in [-0.2, 0) is 17.3 Å². The van der Waals surface area contributed by atoms with Gasteiger partial charge >= 0.3 is 0 Å². The van der Waals surface area contributed by atoms with Gasteiger partial charge in [0, 0.05) is 28.9 Å². The van der Waals surface area contributed by atoms with Crippen LogP contribution in [0.4, 0.5) is 0 Å². The highest BCUT2D eigenvalue weighted by Gasteiger charge is 2.11. The highest BCUT2D eigenvalue weighted by atomic mass is 32.2. The molecule has 2 N–H and O–H groups in total. The number of benzene rings is 1. The Balaban J connectivity index is 2.58. The first kappa shape index (κ1) is 16.8. The highest BCUT2D eigenvalue weighted by molar-refractivity contribution is 7.84. The molecule has 0 amide bonds. The van der Waals surface area contributed by atoms with E-state index in [0.29, 0.717) is 18.0 Å². The van der Waals surface area contributed by atoms with E-state index in [2.05, 4.69) is 5.32 Å². The van der Waals surface area contributed by atoms with Gasteiger partial charge < -0.3 is 19.9 Å². The largest absolute Gasteiger partial charge is 0.502 e. The number of nitrogens with one attached hydrogen (secondary N) is 1. The second-order valence-electron chi connectivity index (χ2n) is 4.62. The summed E-state index contributed by atoms with van der Waals surface area (Å²) in [7, 11) is 2.22. The summed E-state index contributed by atoms with van der Waals surface area (Å²) in [5, 5.41) is 13.3. The zero-order valence-corrected chi connectivity index (χ0v) is 13.3. The second kappa shape index (κ2) is 8.11. The van der Waals surface area contributed by atoms with Gasteiger partial charge in [-0.25, -0.2) is 0 Å². The topological polar surface area (TPSA) is 67.8 Å². The monoisotopic (exact) mass is 301 g/mol. The fourth-order valence-corrected chi connectivity index (χ4v) is 2.20. The molecule has 0 aliphatic rings. The van der Waals surface area contributed by atoms with Crippen molar-refractivity contribution in [2.24, 2.45) is 0 Å². The van der Waals surface area contributed by atoms with Gasteiger partial charge in [-0.15, -0.1) is 0 Å². The zero-order valence-electron chi connectivity index (χ0n) is 12.4. The normalized spacial score (nSPS) is 13.8. The van der Waals surface area contributed by atoms with Crippen LogP contribution in [0.3, 0.4) is 0 Å². The molecule has 0 saturated heterocycles. The van der Waals surface area contributed by atoms with Crippen molar-refractivity contribution in [1.29, 1.82) is 0 Å². The number of phenolic OH excluding ortho intramolecular Hbond substituents is 1. The van der Waals surface area contributed by atoms with Gasteiger partial charge in [0.15, 0.2) is 11.5 Å². The van der Waals surface area contributed by atoms with Gasteiger partial charge in [0.2, 0.25) is 5.75 Å². The van der Waals surface area contributed by atoms with Crippen molar-refractivity contribution in [3.8, 4) is 17.2 Å². The maximum atomic E-state index is 11.2. The third-order valence-electron chi connectivity index (χ3n) is 3.16. The number of hydrogen-bond acceptors (Lipinski definition) is 5. The number of aromatic hydroxyl groups is 1. The van der Waals surface area contributed by atoms with Crippen LogP contribution >= 0.6 is 0 Å². The maximum absolute atomic E-state index is 11.2. The van der Waals surface area contributed by atoms with Crippen LogP contribution in [0.2, 0.25) is 0 Å². The molecule has 1 aromatic carbocycles. The molecule has 1 rings (SSSR count). The minimum absolute atomic E-state index is 0.00810. The summed E-state index contributed by atoms with van der Waals surface area (Å²) in [6, 6.07) is 3.54. The molecule has 0 radical (unpaired) electrons. The fourth-order valence-electron chi connectivity index (χ4n) is 1.75. The van der Waals surface area contributed by atoms with E-state index in [9.17, 15) is 9.32 Å². The van der Waals surface area contributed by atoms with Crippen molar-refractivity contribution in [2.75, 3.05) is 27.0 Å². The summed E-state index contributed by atoms with van der Waals surface area (Å²) in [6.07, 6.45) is 2.58. The summed E-state index contributed by atoms with van der Waals surface area (Å²) >= 11 is 0. The molecule has 114 valence electrons. The van der Waals surface area contributed by atoms with Crippen molar-refractivity contribution < 1.29 is 18.8 Å². The van der Waals surface area contributed by atoms with Crippen LogP contribution in [-0.4, -0.2) is 41.6 Å². The van der Waals surface area contributed by atoms with E-state index in [1.807, 2.05) is 6.92 Å². The summed E-state index contributed by atoms with van der Waals surface area (Å²) in [5.74, 6) is 0.794. The first-order valence-corrected chi connectivity index (χ1v) is 8.08. The molecule has 0 heterocycles. The van der Waals surface area contributed by atoms with Gasteiger partial charge in [0.25, 0.3) is 0 Å². The van der Waals surface area contributed by atoms with Gasteiger partial charge in [0.05, 0.1) is 14.2 Å². The summed E-state index contributed by atoms with van der Waals surface area (Å²) in [6.45, 7) is 3.40. The Bertz CT molecular complexity index is 439. The molecule has 6 heteroatoms. The Hall–Kier alpha value is -1.27. The fraction of sp³-hybridized carbons (Fsp3) is 0.571. The smallest absolute Gasteiger partial charge is 0.200 e. The zero-order chi connectivity index (χ0) is 15.1. The lowest BCUT2D eigenvalue weighted by Gasteiger charge is -2.12. The van der Waals surface area contributed by atoms with Crippen LogP contribution < -0.4 is 14.8 Å². The van der Waals surface area contributed by atoms with E-state index >= 15 is 0 Å². The Morgan fingerprint density at radius 2 is 1.85 bits per heavy atom. The lowest BCUT2D eigenvalue weighted by atomic mass is 10.1. The summed E-state index contributed by atoms with van der Waals surface area (Å²) in [5.41, 5.74) is 0.960. The van der Waals surface area contributed by atoms with E-state index in [1.165, 1.54) is 14.2 Å². The third-order valence-corrected chi connectivity index (χ3v) is 4.53. The molecule has 0 aliphatic carbocycles. The Kier molecular flexibility index (Phi) is 6.81. The van der Waals surface area contributed by atoms with Crippen LogP contribution in [0.25, 0.3) is 0 Å². The van der Waals surface area contributed by atoms with E-state index in [0.717, 1.165) is 18.5 Å². The molecule has 0 saturated carbocycles. The van der Waals surface area contributed by atoms with Crippen LogP contribution in [0.1, 0.15) is 18.9 Å². The molecule has 0 bridgehead atoms. The number of ether oxygens (including phenoxy) is 2. The lowest BCUT2D eigenvalue weighted by molar-refractivity contribution is 0.339. The molecule has 0 fully saturated rings. The Morgan fingerprint density at radius 3 is 2.30 bits per heavy atom. The first-order valence-electron chi connectivity index (χ1n) is 6.46. The van der Waals surface area contributed by atoms with Crippen molar-refractivity contribution in [3.05, 3.63) is 17.7 Å². The maximum Gasteiger partial charge on any atom is 0.200 e. The molecule has 2 atom stereocenters. The van der Waals surface area contributed by atoms with E-state index < -0.39 is 10.8 Å².